The number of rotatable bonds is 8. The summed E-state index contributed by atoms with van der Waals surface area (Å²) in [5, 5.41) is 8.54. The number of likely N-dealkylation sites (tertiary alicyclic amines) is 1. The summed E-state index contributed by atoms with van der Waals surface area (Å²) in [4.78, 5) is 35.5. The van der Waals surface area contributed by atoms with Gasteiger partial charge in [-0.1, -0.05) is 12.1 Å². The number of aryl methyl sites for hydroxylation is 1. The lowest BCUT2D eigenvalue weighted by molar-refractivity contribution is -0.139. The van der Waals surface area contributed by atoms with Gasteiger partial charge in [-0.15, -0.1) is 0 Å². The van der Waals surface area contributed by atoms with Gasteiger partial charge in [0.2, 0.25) is 11.8 Å². The number of ether oxygens (including phenoxy) is 3. The Labute approximate surface area is 245 Å². The van der Waals surface area contributed by atoms with Gasteiger partial charge in [-0.2, -0.15) is 18.2 Å². The number of anilines is 2. The zero-order valence-corrected chi connectivity index (χ0v) is 24.0. The van der Waals surface area contributed by atoms with E-state index in [1.807, 2.05) is 7.05 Å². The summed E-state index contributed by atoms with van der Waals surface area (Å²) in [5.74, 6) is -1.58. The number of hydrogen-bond donors (Lipinski definition) is 3. The van der Waals surface area contributed by atoms with E-state index in [4.69, 9.17) is 14.2 Å². The summed E-state index contributed by atoms with van der Waals surface area (Å²) in [6, 6.07) is 7.64. The number of methoxy groups -OCH3 is 2. The fourth-order valence-electron chi connectivity index (χ4n) is 5.17. The number of nitrogens with zero attached hydrogens (tertiary/aromatic N) is 3. The fraction of sp³-hybridized carbons (Fsp3) is 0.379. The first kappa shape index (κ1) is 30.0. The molecule has 0 spiro atoms. The third-order valence-corrected chi connectivity index (χ3v) is 7.46. The summed E-state index contributed by atoms with van der Waals surface area (Å²) >= 11 is 0. The molecule has 11 nitrogen and oxygen atoms in total. The fourth-order valence-corrected chi connectivity index (χ4v) is 5.17. The molecule has 2 aliphatic heterocycles. The molecule has 2 amide bonds. The van der Waals surface area contributed by atoms with Crippen LogP contribution in [-0.2, 0) is 17.5 Å². The number of alkyl halides is 3. The molecule has 3 heterocycles. The van der Waals surface area contributed by atoms with Crippen LogP contribution in [0.1, 0.15) is 43.8 Å². The van der Waals surface area contributed by atoms with Crippen LogP contribution >= 0.6 is 0 Å². The van der Waals surface area contributed by atoms with Gasteiger partial charge < -0.3 is 35.1 Å². The molecule has 0 bridgehead atoms. The second kappa shape index (κ2) is 12.1. The summed E-state index contributed by atoms with van der Waals surface area (Å²) in [6.07, 6.45) is -3.66. The van der Waals surface area contributed by atoms with Crippen molar-refractivity contribution in [2.24, 2.45) is 0 Å². The van der Waals surface area contributed by atoms with E-state index in [-0.39, 0.29) is 47.6 Å². The van der Waals surface area contributed by atoms with Crippen LogP contribution in [0.25, 0.3) is 0 Å². The molecule has 228 valence electrons. The van der Waals surface area contributed by atoms with Crippen molar-refractivity contribution in [3.05, 3.63) is 64.3 Å². The zero-order valence-electron chi connectivity index (χ0n) is 24.0. The van der Waals surface area contributed by atoms with Gasteiger partial charge in [-0.05, 0) is 56.3 Å². The zero-order chi connectivity index (χ0) is 30.9. The number of benzene rings is 2. The Morgan fingerprint density at radius 3 is 2.70 bits per heavy atom. The van der Waals surface area contributed by atoms with Crippen molar-refractivity contribution >= 4 is 23.5 Å². The maximum Gasteiger partial charge on any atom is 0.423 e. The summed E-state index contributed by atoms with van der Waals surface area (Å²) in [6.45, 7) is 3.47. The predicted octanol–water partition coefficient (Wildman–Crippen LogP) is 4.04. The molecule has 14 heteroatoms. The Hall–Kier alpha value is -4.43. The Morgan fingerprint density at radius 1 is 1.19 bits per heavy atom. The molecule has 1 fully saturated rings. The SMILES string of the molecule is COc1cc(C(=O)NC2CCN(C)C[C@@H]2OC)c(C)cc1Nc1ncc(C(F)(F)F)c(Oc2cccc3c2C(=O)NC3)n1. The number of carbonyl (C=O) groups excluding carboxylic acids is 2. The number of likely N-dealkylation sites (N-methyl/N-ethyl adjacent to an activating group) is 1. The third-order valence-electron chi connectivity index (χ3n) is 7.46. The molecule has 3 N–H and O–H groups in total. The number of piperidine rings is 1. The van der Waals surface area contributed by atoms with Crippen molar-refractivity contribution in [1.29, 1.82) is 0 Å². The maximum atomic E-state index is 13.9. The highest BCUT2D eigenvalue weighted by Crippen LogP contribution is 2.39. The van der Waals surface area contributed by atoms with Gasteiger partial charge in [0, 0.05) is 32.0 Å². The van der Waals surface area contributed by atoms with Gasteiger partial charge in [0.15, 0.2) is 0 Å². The number of hydrogen-bond acceptors (Lipinski definition) is 9. The first-order chi connectivity index (χ1) is 20.5. The van der Waals surface area contributed by atoms with Crippen molar-refractivity contribution in [3.63, 3.8) is 0 Å². The second-order valence-corrected chi connectivity index (χ2v) is 10.4. The first-order valence-corrected chi connectivity index (χ1v) is 13.5. The lowest BCUT2D eigenvalue weighted by Crippen LogP contribution is -2.53. The Balaban J connectivity index is 1.42. The van der Waals surface area contributed by atoms with Crippen molar-refractivity contribution in [3.8, 4) is 17.4 Å². The van der Waals surface area contributed by atoms with Crippen molar-refractivity contribution < 1.29 is 37.0 Å². The molecule has 2 aromatic carbocycles. The maximum absolute atomic E-state index is 13.9. The molecular weight excluding hydrogens is 569 g/mol. The monoisotopic (exact) mass is 600 g/mol. The van der Waals surface area contributed by atoms with E-state index in [1.165, 1.54) is 19.2 Å². The van der Waals surface area contributed by atoms with Gasteiger partial charge in [0.05, 0.1) is 30.5 Å². The topological polar surface area (TPSA) is 127 Å². The van der Waals surface area contributed by atoms with E-state index in [9.17, 15) is 22.8 Å². The molecule has 1 saturated heterocycles. The van der Waals surface area contributed by atoms with E-state index in [2.05, 4.69) is 30.8 Å². The van der Waals surface area contributed by atoms with Crippen LogP contribution in [0, 0.1) is 6.92 Å². The minimum Gasteiger partial charge on any atom is -0.495 e. The average Bonchev–Trinajstić information content (AvgIpc) is 3.35. The quantitative estimate of drug-likeness (QED) is 0.351. The van der Waals surface area contributed by atoms with Gasteiger partial charge in [0.25, 0.3) is 11.8 Å². The predicted molar refractivity (Wildman–Crippen MR) is 150 cm³/mol. The molecule has 2 aliphatic rings. The highest BCUT2D eigenvalue weighted by molar-refractivity contribution is 6.01. The third kappa shape index (κ3) is 6.34. The van der Waals surface area contributed by atoms with Crippen LogP contribution in [0.4, 0.5) is 24.8 Å². The summed E-state index contributed by atoms with van der Waals surface area (Å²) < 4.78 is 58.2. The van der Waals surface area contributed by atoms with Gasteiger partial charge >= 0.3 is 6.18 Å². The second-order valence-electron chi connectivity index (χ2n) is 10.4. The normalized spacial score (nSPS) is 18.5. The van der Waals surface area contributed by atoms with Crippen LogP contribution in [0.3, 0.4) is 0 Å². The standard InChI is InChI=1S/C29H31F3N6O5/c1-15-10-20(22(41-3)11-17(15)25(39)35-19-8-9-38(2)14-23(19)42-4)36-28-34-13-18(29(30,31)32)27(37-28)43-21-7-5-6-16-12-33-26(40)24(16)21/h5-7,10-11,13,19,23H,8-9,12,14H2,1-4H3,(H,33,40)(H,35,39)(H,34,36,37)/t19?,23-/m0/s1. The van der Waals surface area contributed by atoms with E-state index in [0.717, 1.165) is 13.0 Å². The molecule has 2 atom stereocenters. The number of carbonyl (C=O) groups is 2. The minimum atomic E-state index is -4.83. The van der Waals surface area contributed by atoms with Crippen LogP contribution in [0.15, 0.2) is 36.5 Å². The van der Waals surface area contributed by atoms with Crippen LogP contribution in [0.5, 0.6) is 17.4 Å². The molecule has 1 unspecified atom stereocenters. The van der Waals surface area contributed by atoms with Gasteiger partial charge in [0.1, 0.15) is 17.1 Å². The number of halogens is 3. The van der Waals surface area contributed by atoms with Crippen LogP contribution in [0.2, 0.25) is 0 Å². The van der Waals surface area contributed by atoms with Crippen LogP contribution in [-0.4, -0.2) is 73.2 Å². The minimum absolute atomic E-state index is 0.0632. The molecule has 0 saturated carbocycles. The Bertz CT molecular complexity index is 1550. The lowest BCUT2D eigenvalue weighted by Gasteiger charge is -2.36. The lowest BCUT2D eigenvalue weighted by atomic mass is 10.0. The highest BCUT2D eigenvalue weighted by atomic mass is 19.4. The van der Waals surface area contributed by atoms with Gasteiger partial charge in [-0.3, -0.25) is 9.59 Å². The number of amides is 2. The highest BCUT2D eigenvalue weighted by Gasteiger charge is 2.37. The summed E-state index contributed by atoms with van der Waals surface area (Å²) in [7, 11) is 5.01. The molecule has 0 aliphatic carbocycles. The van der Waals surface area contributed by atoms with E-state index >= 15 is 0 Å². The number of fused-ring (bicyclic) bond motifs is 1. The largest absolute Gasteiger partial charge is 0.495 e. The van der Waals surface area contributed by atoms with Gasteiger partial charge in [-0.25, -0.2) is 4.98 Å². The smallest absolute Gasteiger partial charge is 0.423 e. The van der Waals surface area contributed by atoms with E-state index in [1.54, 1.807) is 32.2 Å². The van der Waals surface area contributed by atoms with Crippen molar-refractivity contribution in [1.82, 2.24) is 25.5 Å². The molecular formula is C29H31F3N6O5. The van der Waals surface area contributed by atoms with E-state index in [0.29, 0.717) is 35.1 Å². The van der Waals surface area contributed by atoms with Crippen molar-refractivity contribution in [2.75, 3.05) is 39.7 Å². The Morgan fingerprint density at radius 2 is 1.98 bits per heavy atom. The first-order valence-electron chi connectivity index (χ1n) is 13.5. The number of nitrogens with one attached hydrogen (secondary N) is 3. The molecule has 1 aromatic heterocycles. The average molecular weight is 601 g/mol. The van der Waals surface area contributed by atoms with E-state index < -0.39 is 23.5 Å². The molecule has 0 radical (unpaired) electrons. The molecule has 5 rings (SSSR count). The number of aromatic nitrogens is 2. The van der Waals surface area contributed by atoms with Crippen molar-refractivity contribution in [2.45, 2.75) is 38.2 Å². The van der Waals surface area contributed by atoms with Crippen LogP contribution < -0.4 is 25.4 Å². The molecule has 3 aromatic rings. The Kier molecular flexibility index (Phi) is 8.42. The summed E-state index contributed by atoms with van der Waals surface area (Å²) in [5.41, 5.74) is 0.791. The molecule has 43 heavy (non-hydrogen) atoms.